The summed E-state index contributed by atoms with van der Waals surface area (Å²) in [6, 6.07) is 11.8. The average molecular weight is 454 g/mol. The number of carbonyl (C=O) groups is 1. The van der Waals surface area contributed by atoms with Crippen LogP contribution in [-0.4, -0.2) is 39.3 Å². The fourth-order valence-electron chi connectivity index (χ4n) is 3.01. The topological polar surface area (TPSA) is 86.5 Å². The molecule has 0 aliphatic carbocycles. The lowest BCUT2D eigenvalue weighted by Gasteiger charge is -2.11. The molecule has 3 aromatic rings. The Morgan fingerprint density at radius 3 is 2.69 bits per heavy atom. The molecule has 0 aliphatic rings. The van der Waals surface area contributed by atoms with Gasteiger partial charge in [0.05, 0.1) is 19.4 Å². The van der Waals surface area contributed by atoms with Crippen LogP contribution >= 0.6 is 11.8 Å². The highest BCUT2D eigenvalue weighted by Gasteiger charge is 2.08. The van der Waals surface area contributed by atoms with E-state index in [1.165, 1.54) is 11.6 Å². The number of aryl methyl sites for hydroxylation is 2. The second kappa shape index (κ2) is 12.0. The van der Waals surface area contributed by atoms with E-state index in [0.717, 1.165) is 41.9 Å². The number of hydrogen-bond donors (Lipinski definition) is 1. The van der Waals surface area contributed by atoms with Crippen LogP contribution in [0.25, 0.3) is 6.08 Å². The monoisotopic (exact) mass is 453 g/mol. The van der Waals surface area contributed by atoms with Gasteiger partial charge in [0.15, 0.2) is 5.16 Å². The molecule has 0 bridgehead atoms. The van der Waals surface area contributed by atoms with E-state index in [2.05, 4.69) is 22.1 Å². The lowest BCUT2D eigenvalue weighted by atomic mass is 10.1. The van der Waals surface area contributed by atoms with E-state index in [9.17, 15) is 4.79 Å². The molecule has 0 saturated carbocycles. The number of unbranched alkanes of at least 4 members (excludes halogenated alkanes) is 1. The van der Waals surface area contributed by atoms with Gasteiger partial charge in [-0.3, -0.25) is 0 Å². The van der Waals surface area contributed by atoms with Crippen LogP contribution in [0.5, 0.6) is 11.5 Å². The molecule has 0 fully saturated rings. The predicted octanol–water partition coefficient (Wildman–Crippen LogP) is 4.62. The van der Waals surface area contributed by atoms with E-state index >= 15 is 0 Å². The molecule has 8 heteroatoms. The molecule has 1 aromatic carbocycles. The Labute approximate surface area is 192 Å². The van der Waals surface area contributed by atoms with E-state index in [0.29, 0.717) is 23.8 Å². The Morgan fingerprint density at radius 2 is 2.00 bits per heavy atom. The Bertz CT molecular complexity index is 1050. The number of ether oxygens (including phenoxy) is 2. The summed E-state index contributed by atoms with van der Waals surface area (Å²) in [6.07, 6.45) is 9.02. The minimum Gasteiger partial charge on any atom is -0.497 e. The quantitative estimate of drug-likeness (QED) is 0.243. The van der Waals surface area contributed by atoms with E-state index in [1.54, 1.807) is 25.1 Å². The molecule has 0 saturated heterocycles. The second-order valence-electron chi connectivity index (χ2n) is 7.12. The summed E-state index contributed by atoms with van der Waals surface area (Å²) >= 11 is 1.57. The van der Waals surface area contributed by atoms with Crippen molar-refractivity contribution in [2.24, 2.45) is 7.05 Å². The first-order valence-electron chi connectivity index (χ1n) is 10.3. The molecule has 0 spiro atoms. The molecule has 1 N–H and O–H groups in total. The summed E-state index contributed by atoms with van der Waals surface area (Å²) in [6.45, 7) is 0.535. The van der Waals surface area contributed by atoms with Crippen molar-refractivity contribution in [3.63, 3.8) is 0 Å². The van der Waals surface area contributed by atoms with Gasteiger partial charge in [-0.05, 0) is 55.2 Å². The molecular formula is C24H27N3O4S. The first kappa shape index (κ1) is 23.4. The molecule has 2 heterocycles. The molecular weight excluding hydrogens is 426 g/mol. The number of aliphatic carboxylic acids is 1. The fraction of sp³-hybridized carbons (Fsp3) is 0.292. The van der Waals surface area contributed by atoms with Gasteiger partial charge < -0.3 is 19.1 Å². The summed E-state index contributed by atoms with van der Waals surface area (Å²) in [5.41, 5.74) is 2.60. The normalized spacial score (nSPS) is 11.1. The van der Waals surface area contributed by atoms with Crippen LogP contribution < -0.4 is 9.47 Å². The highest BCUT2D eigenvalue weighted by Crippen LogP contribution is 2.24. The zero-order chi connectivity index (χ0) is 22.8. The molecule has 0 atom stereocenters. The number of pyridine rings is 1. The van der Waals surface area contributed by atoms with Crippen LogP contribution in [0.1, 0.15) is 29.8 Å². The van der Waals surface area contributed by atoms with Gasteiger partial charge in [0.25, 0.3) is 0 Å². The van der Waals surface area contributed by atoms with Crippen LogP contribution in [0.4, 0.5) is 0 Å². The maximum absolute atomic E-state index is 11.0. The number of aromatic nitrogens is 3. The van der Waals surface area contributed by atoms with Gasteiger partial charge in [-0.15, -0.1) is 0 Å². The summed E-state index contributed by atoms with van der Waals surface area (Å²) in [7, 11) is 3.60. The van der Waals surface area contributed by atoms with Crippen molar-refractivity contribution in [1.82, 2.24) is 14.5 Å². The van der Waals surface area contributed by atoms with Crippen LogP contribution in [0.15, 0.2) is 60.0 Å². The number of benzene rings is 1. The first-order valence-corrected chi connectivity index (χ1v) is 11.3. The molecule has 0 radical (unpaired) electrons. The van der Waals surface area contributed by atoms with Crippen LogP contribution in [0.3, 0.4) is 0 Å². The summed E-state index contributed by atoms with van der Waals surface area (Å²) in [5, 5.41) is 9.90. The zero-order valence-corrected chi connectivity index (χ0v) is 19.0. The Kier molecular flexibility index (Phi) is 8.74. The number of carboxylic acid groups (broad SMARTS) is 1. The van der Waals surface area contributed by atoms with Crippen LogP contribution in [0, 0.1) is 0 Å². The average Bonchev–Trinajstić information content (AvgIpc) is 3.21. The summed E-state index contributed by atoms with van der Waals surface area (Å²) in [4.78, 5) is 19.9. The zero-order valence-electron chi connectivity index (χ0n) is 18.2. The summed E-state index contributed by atoms with van der Waals surface area (Å²) < 4.78 is 13.0. The number of imidazole rings is 1. The van der Waals surface area contributed by atoms with Crippen molar-refractivity contribution in [3.05, 3.63) is 71.8 Å². The number of carboxylic acids is 1. The number of hydrogen-bond acceptors (Lipinski definition) is 6. The maximum atomic E-state index is 11.0. The highest BCUT2D eigenvalue weighted by molar-refractivity contribution is 7.98. The van der Waals surface area contributed by atoms with E-state index in [1.807, 2.05) is 42.1 Å². The molecule has 32 heavy (non-hydrogen) atoms. The van der Waals surface area contributed by atoms with E-state index in [-0.39, 0.29) is 0 Å². The molecule has 168 valence electrons. The Balaban J connectivity index is 1.55. The summed E-state index contributed by atoms with van der Waals surface area (Å²) in [5.74, 6) is 1.04. The minimum atomic E-state index is -1.02. The standard InChI is InChI=1S/C24H27N3O4S/c1-27-15-14-25-24(27)32-17-19-8-12-22(21(26-19)11-13-23(28)29)31-16-4-3-5-18-6-9-20(30-2)10-7-18/h6-15H,3-5,16-17H2,1-2H3,(H,28,29). The SMILES string of the molecule is COc1ccc(CCCCOc2ccc(CSc3nccn3C)nc2C=CC(=O)O)cc1. The van der Waals surface area contributed by atoms with Crippen molar-refractivity contribution < 1.29 is 19.4 Å². The van der Waals surface area contributed by atoms with Gasteiger partial charge in [0.2, 0.25) is 0 Å². The van der Waals surface area contributed by atoms with Gasteiger partial charge in [0.1, 0.15) is 17.2 Å². The third-order valence-electron chi connectivity index (χ3n) is 4.73. The first-order chi connectivity index (χ1) is 15.5. The van der Waals surface area contributed by atoms with Crippen molar-refractivity contribution >= 4 is 23.8 Å². The van der Waals surface area contributed by atoms with Crippen LogP contribution in [-0.2, 0) is 24.0 Å². The van der Waals surface area contributed by atoms with Gasteiger partial charge in [0, 0.05) is 31.3 Å². The van der Waals surface area contributed by atoms with Crippen molar-refractivity contribution in [2.45, 2.75) is 30.2 Å². The lowest BCUT2D eigenvalue weighted by molar-refractivity contribution is -0.131. The van der Waals surface area contributed by atoms with Gasteiger partial charge in [-0.2, -0.15) is 0 Å². The Morgan fingerprint density at radius 1 is 1.19 bits per heavy atom. The molecule has 0 aliphatic heterocycles. The number of rotatable bonds is 12. The van der Waals surface area contributed by atoms with Gasteiger partial charge in [-0.1, -0.05) is 23.9 Å². The molecule has 2 aromatic heterocycles. The molecule has 7 nitrogen and oxygen atoms in total. The Hall–Kier alpha value is -3.26. The number of methoxy groups -OCH3 is 1. The van der Waals surface area contributed by atoms with Crippen molar-refractivity contribution in [3.8, 4) is 11.5 Å². The molecule has 0 unspecified atom stereocenters. The fourth-order valence-corrected chi connectivity index (χ4v) is 3.85. The highest BCUT2D eigenvalue weighted by atomic mass is 32.2. The van der Waals surface area contributed by atoms with Crippen molar-refractivity contribution in [1.29, 1.82) is 0 Å². The lowest BCUT2D eigenvalue weighted by Crippen LogP contribution is -2.02. The van der Waals surface area contributed by atoms with Gasteiger partial charge >= 0.3 is 5.97 Å². The van der Waals surface area contributed by atoms with E-state index < -0.39 is 5.97 Å². The number of thioether (sulfide) groups is 1. The third-order valence-corrected chi connectivity index (χ3v) is 5.82. The molecule has 0 amide bonds. The number of nitrogens with zero attached hydrogens (tertiary/aromatic N) is 3. The van der Waals surface area contributed by atoms with Gasteiger partial charge in [-0.25, -0.2) is 14.8 Å². The molecule has 3 rings (SSSR count). The maximum Gasteiger partial charge on any atom is 0.328 e. The van der Waals surface area contributed by atoms with Crippen molar-refractivity contribution in [2.75, 3.05) is 13.7 Å². The second-order valence-corrected chi connectivity index (χ2v) is 8.06. The smallest absolute Gasteiger partial charge is 0.328 e. The van der Waals surface area contributed by atoms with Crippen LogP contribution in [0.2, 0.25) is 0 Å². The largest absolute Gasteiger partial charge is 0.497 e. The predicted molar refractivity (Wildman–Crippen MR) is 125 cm³/mol. The minimum absolute atomic E-state index is 0.514. The van der Waals surface area contributed by atoms with E-state index in [4.69, 9.17) is 14.6 Å². The third kappa shape index (κ3) is 7.16.